The van der Waals surface area contributed by atoms with Crippen LogP contribution in [0.5, 0.6) is 5.75 Å². The molecule has 3 aromatic rings. The maximum Gasteiger partial charge on any atom is 0.354 e. The number of amides is 2. The number of anilines is 1. The van der Waals surface area contributed by atoms with Gasteiger partial charge in [-0.15, -0.1) is 16.0 Å². The molecular weight excluding hydrogens is 660 g/mol. The van der Waals surface area contributed by atoms with Crippen LogP contribution in [0.3, 0.4) is 0 Å². The third kappa shape index (κ3) is 8.03. The minimum Gasteiger partial charge on any atom is -0.724 e. The highest BCUT2D eigenvalue weighted by molar-refractivity contribution is 7.80. The van der Waals surface area contributed by atoms with Gasteiger partial charge < -0.3 is 36.0 Å². The van der Waals surface area contributed by atoms with Crippen molar-refractivity contribution in [2.24, 2.45) is 17.9 Å². The zero-order chi connectivity index (χ0) is 34.7. The lowest BCUT2D eigenvalue weighted by molar-refractivity contribution is -0.753. The van der Waals surface area contributed by atoms with E-state index in [0.29, 0.717) is 17.4 Å². The second kappa shape index (κ2) is 13.6. The normalized spacial score (nSPS) is 17.5. The van der Waals surface area contributed by atoms with Crippen LogP contribution in [0, 0.1) is 0 Å². The first-order chi connectivity index (χ1) is 21.9. The Hall–Kier alpha value is -4.63. The van der Waals surface area contributed by atoms with Crippen LogP contribution in [-0.4, -0.2) is 86.6 Å². The van der Waals surface area contributed by atoms with Gasteiger partial charge in [-0.3, -0.25) is 9.59 Å². The second-order valence-corrected chi connectivity index (χ2v) is 13.1. The number of carboxylic acid groups (broad SMARTS) is 1. The van der Waals surface area contributed by atoms with Crippen molar-refractivity contribution in [3.05, 3.63) is 47.7 Å². The lowest BCUT2D eigenvalue weighted by Gasteiger charge is -2.51. The number of nitrogens with zero attached hydrogens (tertiary/aromatic N) is 5. The molecule has 2 aromatic heterocycles. The Bertz CT molecular complexity index is 1790. The molecule has 1 aliphatic heterocycles. The van der Waals surface area contributed by atoms with Crippen molar-refractivity contribution in [3.8, 4) is 16.9 Å². The molecule has 0 radical (unpaired) electrons. The number of rotatable bonds is 15. The van der Waals surface area contributed by atoms with Crippen molar-refractivity contribution in [2.75, 3.05) is 18.9 Å². The first-order valence-corrected chi connectivity index (χ1v) is 16.2. The largest absolute Gasteiger partial charge is 0.724 e. The van der Waals surface area contributed by atoms with Crippen LogP contribution >= 0.6 is 11.3 Å². The number of hydrogen-bond acceptors (Lipinski definition) is 14. The number of hydroxylamine groups is 2. The van der Waals surface area contributed by atoms with Gasteiger partial charge in [0.05, 0.1) is 23.8 Å². The molecule has 1 fully saturated rings. The van der Waals surface area contributed by atoms with E-state index >= 15 is 0 Å². The average Bonchev–Trinajstić information content (AvgIpc) is 3.60. The summed E-state index contributed by atoms with van der Waals surface area (Å²) in [4.78, 5) is 47.4. The number of ether oxygens (including phenoxy) is 1. The van der Waals surface area contributed by atoms with E-state index in [2.05, 4.69) is 19.7 Å². The van der Waals surface area contributed by atoms with Gasteiger partial charge in [-0.05, 0) is 51.4 Å². The topological polar surface area (TPSA) is 258 Å². The van der Waals surface area contributed by atoms with Gasteiger partial charge in [0, 0.05) is 5.38 Å². The fourth-order valence-electron chi connectivity index (χ4n) is 4.44. The van der Waals surface area contributed by atoms with E-state index < -0.39 is 57.7 Å². The molecule has 4 rings (SSSR count). The standard InChI is InChI=1S/C27H34N8O10S2/c1-26(2)21(23(37)35(26)45-47(40,41)42)31-22(36)20(19-14-46-25(29)30-19)32-44-27(3,24(38)39)15-43-18-8-6-16(7-9-18)17-12-33(4)34(13-17)11-5-10-28/h6-9,12-14,21H,5,10-11,15,28H2,1-4H3,(H4-,29,30,31,36,38,39,40,41,42)/b32-20-. The number of aromatic nitrogens is 3. The van der Waals surface area contributed by atoms with Crippen molar-refractivity contribution < 1.29 is 51.0 Å². The van der Waals surface area contributed by atoms with Gasteiger partial charge in [-0.2, -0.15) is 14.0 Å². The SMILES string of the molecule is C[n+]1cc(-c2ccc(OCC(C)(O/N=C(\C(=O)NC3C(=O)N(OS(=O)(=O)[O-])C3(C)C)c3csc(N)n3)C(=O)O)cc2)cn1CCCN. The van der Waals surface area contributed by atoms with E-state index in [0.717, 1.165) is 35.4 Å². The van der Waals surface area contributed by atoms with Gasteiger partial charge in [0.1, 0.15) is 24.1 Å². The smallest absolute Gasteiger partial charge is 0.354 e. The number of benzene rings is 1. The Kier molecular flexibility index (Phi) is 10.2. The lowest BCUT2D eigenvalue weighted by atomic mass is 9.84. The van der Waals surface area contributed by atoms with Crippen molar-refractivity contribution in [3.63, 3.8) is 0 Å². The number of nitrogens with one attached hydrogen (secondary N) is 1. The summed E-state index contributed by atoms with van der Waals surface area (Å²) in [5.41, 5.74) is 8.96. The molecule has 3 heterocycles. The summed E-state index contributed by atoms with van der Waals surface area (Å²) >= 11 is 0.953. The van der Waals surface area contributed by atoms with Crippen LogP contribution in [0.25, 0.3) is 11.1 Å². The zero-order valence-corrected chi connectivity index (χ0v) is 27.4. The van der Waals surface area contributed by atoms with Crippen molar-refractivity contribution in [2.45, 2.75) is 50.9 Å². The number of oxime groups is 1. The minimum atomic E-state index is -5.27. The van der Waals surface area contributed by atoms with Crippen LogP contribution in [0.2, 0.25) is 0 Å². The highest BCUT2D eigenvalue weighted by Gasteiger charge is 2.57. The molecule has 254 valence electrons. The highest BCUT2D eigenvalue weighted by atomic mass is 32.3. The number of carboxylic acids is 1. The summed E-state index contributed by atoms with van der Waals surface area (Å²) in [7, 11) is -3.35. The number of thiazole rings is 1. The summed E-state index contributed by atoms with van der Waals surface area (Å²) in [6.45, 7) is 4.66. The number of nitrogen functional groups attached to an aromatic ring is 1. The molecule has 6 N–H and O–H groups in total. The molecule has 2 amide bonds. The van der Waals surface area contributed by atoms with Crippen LogP contribution in [0.15, 0.2) is 47.2 Å². The predicted octanol–water partition coefficient (Wildman–Crippen LogP) is -0.492. The molecule has 47 heavy (non-hydrogen) atoms. The van der Waals surface area contributed by atoms with Crippen molar-refractivity contribution in [1.29, 1.82) is 0 Å². The molecular formula is C27H34N8O10S2. The second-order valence-electron chi connectivity index (χ2n) is 11.2. The van der Waals surface area contributed by atoms with Gasteiger partial charge in [0.25, 0.3) is 17.4 Å². The fourth-order valence-corrected chi connectivity index (χ4v) is 5.44. The number of carbonyl (C=O) groups excluding carboxylic acids is 2. The third-order valence-corrected chi connectivity index (χ3v) is 8.21. The number of aryl methyl sites for hydroxylation is 2. The van der Waals surface area contributed by atoms with Crippen molar-refractivity contribution in [1.82, 2.24) is 20.0 Å². The first-order valence-electron chi connectivity index (χ1n) is 14.0. The van der Waals surface area contributed by atoms with Crippen LogP contribution in [-0.2, 0) is 47.5 Å². The Labute approximate surface area is 273 Å². The Morgan fingerprint density at radius 3 is 2.51 bits per heavy atom. The number of nitrogens with two attached hydrogens (primary N) is 2. The molecule has 18 nitrogen and oxygen atoms in total. The molecule has 0 bridgehead atoms. The van der Waals surface area contributed by atoms with E-state index in [-0.39, 0.29) is 10.8 Å². The van der Waals surface area contributed by atoms with E-state index in [9.17, 15) is 32.5 Å². The van der Waals surface area contributed by atoms with Gasteiger partial charge in [0.15, 0.2) is 17.9 Å². The quantitative estimate of drug-likeness (QED) is 0.0391. The molecule has 1 aliphatic rings. The average molecular weight is 695 g/mol. The van der Waals surface area contributed by atoms with Gasteiger partial charge in [-0.1, -0.05) is 17.3 Å². The Morgan fingerprint density at radius 2 is 1.96 bits per heavy atom. The summed E-state index contributed by atoms with van der Waals surface area (Å²) in [5.74, 6) is -3.21. The van der Waals surface area contributed by atoms with Crippen LogP contribution < -0.4 is 26.2 Å². The molecule has 0 saturated carbocycles. The predicted molar refractivity (Wildman–Crippen MR) is 164 cm³/mol. The zero-order valence-electron chi connectivity index (χ0n) is 25.8. The Morgan fingerprint density at radius 1 is 1.28 bits per heavy atom. The van der Waals surface area contributed by atoms with Gasteiger partial charge in [-0.25, -0.2) is 18.2 Å². The monoisotopic (exact) mass is 694 g/mol. The maximum atomic E-state index is 13.3. The first kappa shape index (κ1) is 35.2. The number of aliphatic carboxylic acids is 1. The van der Waals surface area contributed by atoms with Crippen LogP contribution in [0.4, 0.5) is 5.13 Å². The summed E-state index contributed by atoms with van der Waals surface area (Å²) < 4.78 is 46.9. The minimum absolute atomic E-state index is 0.0504. The fraction of sp³-hybridized carbons (Fsp3) is 0.407. The third-order valence-electron chi connectivity index (χ3n) is 7.20. The maximum absolute atomic E-state index is 13.3. The number of β-lactam (4-membered cyclic amide) rings is 1. The van der Waals surface area contributed by atoms with Gasteiger partial charge >= 0.3 is 5.97 Å². The molecule has 2 atom stereocenters. The number of hydrogen-bond donors (Lipinski definition) is 4. The van der Waals surface area contributed by atoms with E-state index in [4.69, 9.17) is 21.0 Å². The van der Waals surface area contributed by atoms with E-state index in [1.165, 1.54) is 26.2 Å². The molecule has 2 unspecified atom stereocenters. The lowest BCUT2D eigenvalue weighted by Crippen LogP contribution is -2.76. The number of carbonyl (C=O) groups is 3. The Balaban J connectivity index is 1.49. The molecule has 0 aliphatic carbocycles. The van der Waals surface area contributed by atoms with E-state index in [1.54, 1.807) is 12.1 Å². The summed E-state index contributed by atoms with van der Waals surface area (Å²) in [6, 6.07) is 5.59. The van der Waals surface area contributed by atoms with Crippen molar-refractivity contribution >= 4 is 50.4 Å². The molecule has 1 aromatic carbocycles. The van der Waals surface area contributed by atoms with Crippen LogP contribution in [0.1, 0.15) is 32.9 Å². The summed E-state index contributed by atoms with van der Waals surface area (Å²) in [6.07, 6.45) is 4.79. The molecule has 1 saturated heterocycles. The summed E-state index contributed by atoms with van der Waals surface area (Å²) in [5, 5.41) is 17.8. The van der Waals surface area contributed by atoms with E-state index in [1.807, 2.05) is 40.9 Å². The highest BCUT2D eigenvalue weighted by Crippen LogP contribution is 2.33. The van der Waals surface area contributed by atoms with Gasteiger partial charge in [0.2, 0.25) is 16.6 Å². The molecule has 20 heteroatoms. The molecule has 0 spiro atoms.